The van der Waals surface area contributed by atoms with Gasteiger partial charge in [0.2, 0.25) is 5.91 Å². The van der Waals surface area contributed by atoms with Gasteiger partial charge in [-0.15, -0.1) is 0 Å². The van der Waals surface area contributed by atoms with Gasteiger partial charge < -0.3 is 5.73 Å². The zero-order valence-electron chi connectivity index (χ0n) is 8.24. The summed E-state index contributed by atoms with van der Waals surface area (Å²) in [7, 11) is 0. The lowest BCUT2D eigenvalue weighted by molar-refractivity contribution is -0.132. The molecule has 1 aliphatic carbocycles. The molecular formula is C10H16N2O2. The van der Waals surface area contributed by atoms with Crippen LogP contribution in [-0.2, 0) is 4.79 Å². The number of urea groups is 1. The lowest BCUT2D eigenvalue weighted by Gasteiger charge is -2.20. The summed E-state index contributed by atoms with van der Waals surface area (Å²) in [5, 5.41) is 0. The van der Waals surface area contributed by atoms with Crippen LogP contribution in [0, 0.1) is 11.8 Å². The van der Waals surface area contributed by atoms with Crippen LogP contribution in [0.25, 0.3) is 0 Å². The number of nitrogens with zero attached hydrogens (tertiary/aromatic N) is 1. The summed E-state index contributed by atoms with van der Waals surface area (Å²) in [6, 6.07) is -0.581. The molecule has 2 rings (SSSR count). The van der Waals surface area contributed by atoms with Crippen LogP contribution >= 0.6 is 0 Å². The van der Waals surface area contributed by atoms with Gasteiger partial charge in [-0.2, -0.15) is 0 Å². The summed E-state index contributed by atoms with van der Waals surface area (Å²) in [4.78, 5) is 24.2. The van der Waals surface area contributed by atoms with Crippen LogP contribution in [0.15, 0.2) is 0 Å². The third kappa shape index (κ3) is 1.74. The highest BCUT2D eigenvalue weighted by Gasteiger charge is 2.40. The lowest BCUT2D eigenvalue weighted by Crippen LogP contribution is -2.43. The summed E-state index contributed by atoms with van der Waals surface area (Å²) >= 11 is 0. The maximum atomic E-state index is 11.9. The van der Waals surface area contributed by atoms with Crippen molar-refractivity contribution >= 4 is 11.9 Å². The van der Waals surface area contributed by atoms with Crippen LogP contribution in [0.3, 0.4) is 0 Å². The van der Waals surface area contributed by atoms with Gasteiger partial charge in [0.05, 0.1) is 0 Å². The topological polar surface area (TPSA) is 63.4 Å². The Morgan fingerprint density at radius 1 is 1.29 bits per heavy atom. The molecule has 1 unspecified atom stereocenters. The standard InChI is InChI=1S/C10H16N2O2/c11-10(14)12-6-2-1-3-8(9(12)13)7-4-5-7/h7-8H,1-6H2,(H2,11,14). The molecule has 4 nitrogen and oxygen atoms in total. The molecule has 0 aromatic carbocycles. The minimum atomic E-state index is -0.581. The predicted molar refractivity (Wildman–Crippen MR) is 51.4 cm³/mol. The summed E-state index contributed by atoms with van der Waals surface area (Å²) in [5.41, 5.74) is 5.18. The maximum Gasteiger partial charge on any atom is 0.321 e. The van der Waals surface area contributed by atoms with Crippen molar-refractivity contribution in [2.45, 2.75) is 32.1 Å². The quantitative estimate of drug-likeness (QED) is 0.682. The molecular weight excluding hydrogens is 180 g/mol. The SMILES string of the molecule is NC(=O)N1CCCCC(C2CC2)C1=O. The second-order valence-corrected chi connectivity index (χ2v) is 4.27. The Morgan fingerprint density at radius 2 is 2.00 bits per heavy atom. The molecule has 0 bridgehead atoms. The van der Waals surface area contributed by atoms with Crippen molar-refractivity contribution in [3.63, 3.8) is 0 Å². The van der Waals surface area contributed by atoms with Gasteiger partial charge in [0.25, 0.3) is 0 Å². The Hall–Kier alpha value is -1.06. The number of carbonyl (C=O) groups excluding carboxylic acids is 2. The van der Waals surface area contributed by atoms with Gasteiger partial charge >= 0.3 is 6.03 Å². The highest BCUT2D eigenvalue weighted by molar-refractivity contribution is 5.95. The van der Waals surface area contributed by atoms with Crippen molar-refractivity contribution in [2.24, 2.45) is 17.6 Å². The average molecular weight is 196 g/mol. The van der Waals surface area contributed by atoms with E-state index in [9.17, 15) is 9.59 Å². The maximum absolute atomic E-state index is 11.9. The van der Waals surface area contributed by atoms with E-state index in [1.54, 1.807) is 0 Å². The molecule has 0 aromatic heterocycles. The zero-order chi connectivity index (χ0) is 10.1. The molecule has 1 heterocycles. The predicted octanol–water partition coefficient (Wildman–Crippen LogP) is 1.10. The highest BCUT2D eigenvalue weighted by Crippen LogP contribution is 2.41. The van der Waals surface area contributed by atoms with Crippen molar-refractivity contribution in [1.82, 2.24) is 4.90 Å². The van der Waals surface area contributed by atoms with Gasteiger partial charge in [0.15, 0.2) is 0 Å². The fraction of sp³-hybridized carbons (Fsp3) is 0.800. The number of likely N-dealkylation sites (tertiary alicyclic amines) is 1. The molecule has 1 aliphatic heterocycles. The number of primary amides is 1. The van der Waals surface area contributed by atoms with Gasteiger partial charge in [-0.1, -0.05) is 6.42 Å². The van der Waals surface area contributed by atoms with E-state index < -0.39 is 6.03 Å². The van der Waals surface area contributed by atoms with Crippen molar-refractivity contribution in [1.29, 1.82) is 0 Å². The molecule has 1 saturated heterocycles. The number of hydrogen-bond donors (Lipinski definition) is 1. The van der Waals surface area contributed by atoms with E-state index >= 15 is 0 Å². The van der Waals surface area contributed by atoms with Crippen molar-refractivity contribution in [2.75, 3.05) is 6.54 Å². The molecule has 3 amide bonds. The van der Waals surface area contributed by atoms with Crippen LogP contribution in [0.5, 0.6) is 0 Å². The number of carbonyl (C=O) groups is 2. The summed E-state index contributed by atoms with van der Waals surface area (Å²) < 4.78 is 0. The third-order valence-corrected chi connectivity index (χ3v) is 3.19. The normalized spacial score (nSPS) is 28.7. The highest BCUT2D eigenvalue weighted by atomic mass is 16.2. The molecule has 2 N–H and O–H groups in total. The Kier molecular flexibility index (Phi) is 2.44. The monoisotopic (exact) mass is 196 g/mol. The van der Waals surface area contributed by atoms with Gasteiger partial charge in [0, 0.05) is 12.5 Å². The Balaban J connectivity index is 2.10. The van der Waals surface area contributed by atoms with Crippen molar-refractivity contribution < 1.29 is 9.59 Å². The van der Waals surface area contributed by atoms with E-state index in [1.165, 1.54) is 4.90 Å². The molecule has 78 valence electrons. The van der Waals surface area contributed by atoms with Crippen LogP contribution in [0.1, 0.15) is 32.1 Å². The fourth-order valence-corrected chi connectivity index (χ4v) is 2.22. The number of amides is 3. The van der Waals surface area contributed by atoms with Crippen molar-refractivity contribution in [3.8, 4) is 0 Å². The minimum Gasteiger partial charge on any atom is -0.351 e. The molecule has 1 atom stereocenters. The van der Waals surface area contributed by atoms with Gasteiger partial charge in [0.1, 0.15) is 0 Å². The number of rotatable bonds is 1. The first-order valence-electron chi connectivity index (χ1n) is 5.31. The molecule has 2 aliphatic rings. The van der Waals surface area contributed by atoms with Crippen LogP contribution in [0.4, 0.5) is 4.79 Å². The second kappa shape index (κ2) is 3.59. The largest absolute Gasteiger partial charge is 0.351 e. The van der Waals surface area contributed by atoms with E-state index in [4.69, 9.17) is 5.73 Å². The van der Waals surface area contributed by atoms with E-state index in [-0.39, 0.29) is 11.8 Å². The first kappa shape index (κ1) is 9.49. The zero-order valence-corrected chi connectivity index (χ0v) is 8.24. The Morgan fingerprint density at radius 3 is 2.57 bits per heavy atom. The van der Waals surface area contributed by atoms with Gasteiger partial charge in [-0.05, 0) is 31.6 Å². The van der Waals surface area contributed by atoms with Gasteiger partial charge in [-0.25, -0.2) is 4.79 Å². The van der Waals surface area contributed by atoms with E-state index in [0.29, 0.717) is 12.5 Å². The van der Waals surface area contributed by atoms with Crippen molar-refractivity contribution in [3.05, 3.63) is 0 Å². The van der Waals surface area contributed by atoms with Crippen LogP contribution < -0.4 is 5.73 Å². The van der Waals surface area contributed by atoms with Gasteiger partial charge in [-0.3, -0.25) is 9.69 Å². The second-order valence-electron chi connectivity index (χ2n) is 4.27. The smallest absolute Gasteiger partial charge is 0.321 e. The molecule has 2 fully saturated rings. The average Bonchev–Trinajstić information content (AvgIpc) is 2.90. The fourth-order valence-electron chi connectivity index (χ4n) is 2.22. The first-order chi connectivity index (χ1) is 6.70. The molecule has 0 aromatic rings. The summed E-state index contributed by atoms with van der Waals surface area (Å²) in [5.74, 6) is 0.574. The van der Waals surface area contributed by atoms with E-state index in [0.717, 1.165) is 32.1 Å². The van der Waals surface area contributed by atoms with E-state index in [2.05, 4.69) is 0 Å². The summed E-state index contributed by atoms with van der Waals surface area (Å²) in [6.07, 6.45) is 5.16. The number of nitrogens with two attached hydrogens (primary N) is 1. The van der Waals surface area contributed by atoms with E-state index in [1.807, 2.05) is 0 Å². The number of hydrogen-bond acceptors (Lipinski definition) is 2. The van der Waals surface area contributed by atoms with Crippen LogP contribution in [0.2, 0.25) is 0 Å². The minimum absolute atomic E-state index is 0.0301. The summed E-state index contributed by atoms with van der Waals surface area (Å²) in [6.45, 7) is 0.511. The Bertz CT molecular complexity index is 261. The lowest BCUT2D eigenvalue weighted by atomic mass is 9.97. The molecule has 14 heavy (non-hydrogen) atoms. The third-order valence-electron chi connectivity index (χ3n) is 3.19. The number of imide groups is 1. The molecule has 0 radical (unpaired) electrons. The Labute approximate surface area is 83.4 Å². The van der Waals surface area contributed by atoms with Crippen LogP contribution in [-0.4, -0.2) is 23.4 Å². The molecule has 0 spiro atoms. The molecule has 4 heteroatoms. The molecule has 1 saturated carbocycles. The first-order valence-corrected chi connectivity index (χ1v) is 5.31.